The van der Waals surface area contributed by atoms with Crippen molar-refractivity contribution in [1.82, 2.24) is 0 Å². The van der Waals surface area contributed by atoms with E-state index in [0.29, 0.717) is 5.92 Å². The van der Waals surface area contributed by atoms with Crippen LogP contribution in [-0.4, -0.2) is 0 Å². The summed E-state index contributed by atoms with van der Waals surface area (Å²) in [7, 11) is 0. The van der Waals surface area contributed by atoms with E-state index >= 15 is 0 Å². The van der Waals surface area contributed by atoms with E-state index in [1.807, 2.05) is 0 Å². The molecule has 1 atom stereocenters. The molecule has 0 heterocycles. The van der Waals surface area contributed by atoms with E-state index in [9.17, 15) is 0 Å². The van der Waals surface area contributed by atoms with Crippen LogP contribution >= 0.6 is 0 Å². The molecule has 0 bridgehead atoms. The first-order valence-electron chi connectivity index (χ1n) is 6.32. The molecule has 0 heteroatoms. The van der Waals surface area contributed by atoms with Crippen molar-refractivity contribution in [2.75, 3.05) is 0 Å². The molecule has 0 saturated carbocycles. The molecular weight excluding hydrogens is 192 g/mol. The second-order valence-electron chi connectivity index (χ2n) is 4.35. The largest absolute Gasteiger partial charge is 0.103 e. The molecule has 16 heavy (non-hydrogen) atoms. The van der Waals surface area contributed by atoms with E-state index in [0.717, 1.165) is 12.8 Å². The molecule has 0 spiro atoms. The van der Waals surface area contributed by atoms with Crippen LogP contribution in [0.5, 0.6) is 0 Å². The maximum absolute atomic E-state index is 3.27. The molecule has 0 aliphatic carbocycles. The summed E-state index contributed by atoms with van der Waals surface area (Å²) < 4.78 is 0. The number of hydrogen-bond donors (Lipinski definition) is 0. The summed E-state index contributed by atoms with van der Waals surface area (Å²) >= 11 is 0. The molecule has 0 saturated heterocycles. The lowest BCUT2D eigenvalue weighted by Gasteiger charge is -2.05. The molecule has 1 aromatic carbocycles. The Morgan fingerprint density at radius 3 is 2.25 bits per heavy atom. The third kappa shape index (κ3) is 4.53. The quantitative estimate of drug-likeness (QED) is 0.658. The number of hydrogen-bond acceptors (Lipinski definition) is 0. The van der Waals surface area contributed by atoms with Gasteiger partial charge in [-0.05, 0) is 24.0 Å². The summed E-state index contributed by atoms with van der Waals surface area (Å²) in [6.45, 7) is 6.51. The van der Waals surface area contributed by atoms with Gasteiger partial charge in [-0.15, -0.1) is 5.92 Å². The lowest BCUT2D eigenvalue weighted by molar-refractivity contribution is 0.748. The van der Waals surface area contributed by atoms with E-state index in [1.54, 1.807) is 0 Å². The summed E-state index contributed by atoms with van der Waals surface area (Å²) in [5, 5.41) is 0. The molecule has 0 amide bonds. The van der Waals surface area contributed by atoms with Crippen LogP contribution in [0.2, 0.25) is 0 Å². The van der Waals surface area contributed by atoms with Crippen molar-refractivity contribution < 1.29 is 0 Å². The maximum Gasteiger partial charge on any atom is 0.0214 e. The van der Waals surface area contributed by atoms with Crippen LogP contribution in [0.15, 0.2) is 24.3 Å². The fourth-order valence-corrected chi connectivity index (χ4v) is 1.81. The minimum atomic E-state index is 0.469. The zero-order chi connectivity index (χ0) is 11.8. The SMILES string of the molecule is CCC#CC(C)Cc1ccc(CCC)cc1. The van der Waals surface area contributed by atoms with Crippen molar-refractivity contribution in [2.24, 2.45) is 5.92 Å². The molecule has 0 aromatic heterocycles. The Labute approximate surface area is 100 Å². The van der Waals surface area contributed by atoms with Crippen molar-refractivity contribution in [3.8, 4) is 11.8 Å². The van der Waals surface area contributed by atoms with Gasteiger partial charge in [0, 0.05) is 12.3 Å². The van der Waals surface area contributed by atoms with Crippen molar-refractivity contribution in [2.45, 2.75) is 46.5 Å². The topological polar surface area (TPSA) is 0 Å². The number of aryl methyl sites for hydroxylation is 1. The van der Waals surface area contributed by atoms with Gasteiger partial charge >= 0.3 is 0 Å². The Balaban J connectivity index is 2.54. The molecule has 0 radical (unpaired) electrons. The van der Waals surface area contributed by atoms with Gasteiger partial charge in [-0.25, -0.2) is 0 Å². The molecule has 0 N–H and O–H groups in total. The summed E-state index contributed by atoms with van der Waals surface area (Å²) in [5.74, 6) is 6.89. The first-order chi connectivity index (χ1) is 7.76. The second-order valence-corrected chi connectivity index (χ2v) is 4.35. The lowest BCUT2D eigenvalue weighted by Crippen LogP contribution is -1.96. The van der Waals surface area contributed by atoms with Crippen molar-refractivity contribution >= 4 is 0 Å². The summed E-state index contributed by atoms with van der Waals surface area (Å²) in [6, 6.07) is 8.99. The Morgan fingerprint density at radius 1 is 1.06 bits per heavy atom. The molecule has 1 rings (SSSR count). The average Bonchev–Trinajstić information content (AvgIpc) is 2.29. The minimum Gasteiger partial charge on any atom is -0.103 e. The zero-order valence-corrected chi connectivity index (χ0v) is 10.7. The molecule has 0 aliphatic rings. The lowest BCUT2D eigenvalue weighted by atomic mass is 9.99. The van der Waals surface area contributed by atoms with Crippen LogP contribution < -0.4 is 0 Å². The van der Waals surface area contributed by atoms with Gasteiger partial charge in [0.1, 0.15) is 0 Å². The predicted molar refractivity (Wildman–Crippen MR) is 71.4 cm³/mol. The fourth-order valence-electron chi connectivity index (χ4n) is 1.81. The molecule has 86 valence electrons. The maximum atomic E-state index is 3.27. The third-order valence-electron chi connectivity index (χ3n) is 2.63. The highest BCUT2D eigenvalue weighted by Gasteiger charge is 1.99. The first-order valence-corrected chi connectivity index (χ1v) is 6.32. The Kier molecular flexibility index (Phi) is 5.72. The molecular formula is C16H22. The molecule has 1 aromatic rings. The van der Waals surface area contributed by atoms with Crippen LogP contribution in [0.25, 0.3) is 0 Å². The highest BCUT2D eigenvalue weighted by Crippen LogP contribution is 2.11. The Hall–Kier alpha value is -1.22. The monoisotopic (exact) mass is 214 g/mol. The summed E-state index contributed by atoms with van der Waals surface area (Å²) in [4.78, 5) is 0. The standard InChI is InChI=1S/C16H22/c1-4-6-8-14(3)13-16-11-9-15(7-5-2)10-12-16/h9-12,14H,4-5,7,13H2,1-3H3. The summed E-state index contributed by atoms with van der Waals surface area (Å²) in [6.07, 6.45) is 4.43. The predicted octanol–water partition coefficient (Wildman–Crippen LogP) is 4.23. The van der Waals surface area contributed by atoms with E-state index in [2.05, 4.69) is 56.9 Å². The van der Waals surface area contributed by atoms with Crippen molar-refractivity contribution in [3.63, 3.8) is 0 Å². The zero-order valence-electron chi connectivity index (χ0n) is 10.7. The van der Waals surface area contributed by atoms with Crippen LogP contribution in [0.3, 0.4) is 0 Å². The van der Waals surface area contributed by atoms with Crippen molar-refractivity contribution in [1.29, 1.82) is 0 Å². The van der Waals surface area contributed by atoms with Gasteiger partial charge in [-0.3, -0.25) is 0 Å². The van der Waals surface area contributed by atoms with Gasteiger partial charge in [0.25, 0.3) is 0 Å². The van der Waals surface area contributed by atoms with E-state index < -0.39 is 0 Å². The fraction of sp³-hybridized carbons (Fsp3) is 0.500. The third-order valence-corrected chi connectivity index (χ3v) is 2.63. The number of benzene rings is 1. The minimum absolute atomic E-state index is 0.469. The van der Waals surface area contributed by atoms with Gasteiger partial charge in [-0.1, -0.05) is 57.4 Å². The normalized spacial score (nSPS) is 11.7. The second kappa shape index (κ2) is 7.12. The van der Waals surface area contributed by atoms with Crippen LogP contribution in [-0.2, 0) is 12.8 Å². The Bertz CT molecular complexity index is 348. The van der Waals surface area contributed by atoms with Crippen LogP contribution in [0.4, 0.5) is 0 Å². The van der Waals surface area contributed by atoms with Crippen LogP contribution in [0.1, 0.15) is 44.7 Å². The highest BCUT2D eigenvalue weighted by molar-refractivity contribution is 5.24. The highest BCUT2D eigenvalue weighted by atomic mass is 14.0. The average molecular weight is 214 g/mol. The van der Waals surface area contributed by atoms with Crippen LogP contribution in [0, 0.1) is 17.8 Å². The van der Waals surface area contributed by atoms with E-state index in [1.165, 1.54) is 24.0 Å². The first kappa shape index (κ1) is 12.8. The smallest absolute Gasteiger partial charge is 0.0214 e. The van der Waals surface area contributed by atoms with Gasteiger partial charge in [-0.2, -0.15) is 0 Å². The molecule has 1 unspecified atom stereocenters. The molecule has 0 nitrogen and oxygen atoms in total. The van der Waals surface area contributed by atoms with Gasteiger partial charge in [0.15, 0.2) is 0 Å². The van der Waals surface area contributed by atoms with Gasteiger partial charge in [0.05, 0.1) is 0 Å². The van der Waals surface area contributed by atoms with E-state index in [4.69, 9.17) is 0 Å². The van der Waals surface area contributed by atoms with Crippen molar-refractivity contribution in [3.05, 3.63) is 35.4 Å². The molecule has 0 fully saturated rings. The molecule has 0 aliphatic heterocycles. The van der Waals surface area contributed by atoms with Gasteiger partial charge < -0.3 is 0 Å². The Morgan fingerprint density at radius 2 is 1.69 bits per heavy atom. The van der Waals surface area contributed by atoms with Gasteiger partial charge in [0.2, 0.25) is 0 Å². The van der Waals surface area contributed by atoms with E-state index in [-0.39, 0.29) is 0 Å². The number of rotatable bonds is 4. The summed E-state index contributed by atoms with van der Waals surface area (Å²) in [5.41, 5.74) is 2.84.